The topological polar surface area (TPSA) is 79.4 Å². The summed E-state index contributed by atoms with van der Waals surface area (Å²) in [6, 6.07) is 8.14. The van der Waals surface area contributed by atoms with Gasteiger partial charge in [-0.05, 0) is 37.5 Å². The van der Waals surface area contributed by atoms with E-state index in [-0.39, 0.29) is 11.4 Å². The van der Waals surface area contributed by atoms with Gasteiger partial charge in [0, 0.05) is 30.9 Å². The van der Waals surface area contributed by atoms with Crippen LogP contribution in [-0.4, -0.2) is 65.1 Å². The molecule has 0 radical (unpaired) electrons. The number of aromatic nitrogens is 2. The number of anilines is 2. The molecular formula is C22H31N5O2S2. The van der Waals surface area contributed by atoms with Crippen LogP contribution in [-0.2, 0) is 9.53 Å². The van der Waals surface area contributed by atoms with Crippen molar-refractivity contribution in [3.63, 3.8) is 0 Å². The largest absolute Gasteiger partial charge is 0.379 e. The van der Waals surface area contributed by atoms with Gasteiger partial charge in [0.1, 0.15) is 0 Å². The van der Waals surface area contributed by atoms with Crippen LogP contribution in [0.25, 0.3) is 0 Å². The Balaban J connectivity index is 1.26. The third-order valence-corrected chi connectivity index (χ3v) is 8.06. The van der Waals surface area contributed by atoms with Crippen LogP contribution in [0.1, 0.15) is 37.7 Å². The van der Waals surface area contributed by atoms with E-state index in [1.54, 1.807) is 0 Å². The molecule has 1 aromatic carbocycles. The molecule has 4 rings (SSSR count). The summed E-state index contributed by atoms with van der Waals surface area (Å²) < 4.78 is 6.34. The summed E-state index contributed by atoms with van der Waals surface area (Å²) in [7, 11) is 0. The summed E-state index contributed by atoms with van der Waals surface area (Å²) in [6.45, 7) is 6.30. The van der Waals surface area contributed by atoms with E-state index in [0.717, 1.165) is 60.8 Å². The van der Waals surface area contributed by atoms with Gasteiger partial charge in [-0.1, -0.05) is 54.5 Å². The fourth-order valence-corrected chi connectivity index (χ4v) is 6.06. The molecule has 0 bridgehead atoms. The summed E-state index contributed by atoms with van der Waals surface area (Å²) in [5.74, 6) is 0.421. The Bertz CT molecular complexity index is 863. The normalized spacial score (nSPS) is 19.1. The summed E-state index contributed by atoms with van der Waals surface area (Å²) in [6.07, 6.45) is 6.09. The Hall–Kier alpha value is -1.68. The number of aryl methyl sites for hydroxylation is 1. The summed E-state index contributed by atoms with van der Waals surface area (Å²) in [5, 5.41) is 15.6. The number of ether oxygens (including phenoxy) is 1. The smallest absolute Gasteiger partial charge is 0.230 e. The van der Waals surface area contributed by atoms with Crippen molar-refractivity contribution in [3.8, 4) is 0 Å². The average Bonchev–Trinajstić information content (AvgIpc) is 3.25. The zero-order valence-electron chi connectivity index (χ0n) is 18.1. The summed E-state index contributed by atoms with van der Waals surface area (Å²) in [4.78, 5) is 15.1. The number of carbonyl (C=O) groups excluding carboxylic acids is 1. The lowest BCUT2D eigenvalue weighted by Crippen LogP contribution is -2.59. The van der Waals surface area contributed by atoms with Crippen molar-refractivity contribution in [2.45, 2.75) is 48.9 Å². The van der Waals surface area contributed by atoms with Crippen molar-refractivity contribution in [2.24, 2.45) is 0 Å². The molecule has 1 saturated heterocycles. The molecule has 1 aliphatic carbocycles. The minimum absolute atomic E-state index is 0.0617. The lowest BCUT2D eigenvalue weighted by Gasteiger charge is -2.48. The van der Waals surface area contributed by atoms with Gasteiger partial charge in [-0.3, -0.25) is 9.69 Å². The van der Waals surface area contributed by atoms with E-state index >= 15 is 0 Å². The number of thioether (sulfide) groups is 1. The second-order valence-corrected chi connectivity index (χ2v) is 10.5. The van der Waals surface area contributed by atoms with E-state index in [0.29, 0.717) is 5.75 Å². The third-order valence-electron chi connectivity index (χ3n) is 6.08. The predicted molar refractivity (Wildman–Crippen MR) is 126 cm³/mol. The standard InChI is InChI=1S/C22H31N5O2S2/c1-17-6-5-7-18(14-17)24-20-25-26-21(31-20)30-15-19(28)23-16-22(8-3-2-4-9-22)27-10-12-29-13-11-27/h5-7,14H,2-4,8-13,15-16H2,1H3,(H,23,28)(H,24,25). The van der Waals surface area contributed by atoms with Gasteiger partial charge >= 0.3 is 0 Å². The Morgan fingerprint density at radius 3 is 2.81 bits per heavy atom. The molecule has 2 fully saturated rings. The van der Waals surface area contributed by atoms with E-state index in [9.17, 15) is 4.79 Å². The zero-order valence-corrected chi connectivity index (χ0v) is 19.7. The average molecular weight is 462 g/mol. The van der Waals surface area contributed by atoms with Crippen molar-refractivity contribution >= 4 is 39.8 Å². The number of benzene rings is 1. The molecule has 7 nitrogen and oxygen atoms in total. The first-order valence-corrected chi connectivity index (χ1v) is 12.8. The van der Waals surface area contributed by atoms with E-state index in [2.05, 4.69) is 44.8 Å². The molecule has 2 heterocycles. The van der Waals surface area contributed by atoms with Crippen molar-refractivity contribution in [1.82, 2.24) is 20.4 Å². The number of nitrogens with one attached hydrogen (secondary N) is 2. The minimum Gasteiger partial charge on any atom is -0.379 e. The fraction of sp³-hybridized carbons (Fsp3) is 0.591. The third kappa shape index (κ3) is 6.19. The monoisotopic (exact) mass is 461 g/mol. The van der Waals surface area contributed by atoms with Crippen LogP contribution in [0.15, 0.2) is 28.6 Å². The van der Waals surface area contributed by atoms with Crippen LogP contribution in [0.5, 0.6) is 0 Å². The van der Waals surface area contributed by atoms with Gasteiger partial charge in [0.15, 0.2) is 4.34 Å². The fourth-order valence-electron chi connectivity index (χ4n) is 4.46. The Morgan fingerprint density at radius 1 is 1.23 bits per heavy atom. The molecule has 0 unspecified atom stereocenters. The molecule has 0 atom stereocenters. The first-order chi connectivity index (χ1) is 15.1. The highest BCUT2D eigenvalue weighted by molar-refractivity contribution is 8.01. The number of amides is 1. The number of nitrogens with zero attached hydrogens (tertiary/aromatic N) is 3. The van der Waals surface area contributed by atoms with Crippen LogP contribution in [0.4, 0.5) is 10.8 Å². The molecule has 168 valence electrons. The lowest BCUT2D eigenvalue weighted by atomic mass is 9.79. The number of hydrogen-bond donors (Lipinski definition) is 2. The molecule has 2 aromatic rings. The maximum atomic E-state index is 12.6. The van der Waals surface area contributed by atoms with Gasteiger partial charge in [0.2, 0.25) is 11.0 Å². The minimum atomic E-state index is 0.0617. The van der Waals surface area contributed by atoms with Gasteiger partial charge in [-0.2, -0.15) is 0 Å². The van der Waals surface area contributed by atoms with E-state index in [4.69, 9.17) is 4.74 Å². The predicted octanol–water partition coefficient (Wildman–Crippen LogP) is 3.83. The first kappa shape index (κ1) is 22.5. The highest BCUT2D eigenvalue weighted by Crippen LogP contribution is 2.34. The summed E-state index contributed by atoms with van der Waals surface area (Å²) in [5.41, 5.74) is 2.27. The SMILES string of the molecule is Cc1cccc(Nc2nnc(SCC(=O)NCC3(N4CCOCC4)CCCCC3)s2)c1. The number of rotatable bonds is 8. The number of morpholine rings is 1. The van der Waals surface area contributed by atoms with Crippen LogP contribution in [0, 0.1) is 6.92 Å². The molecule has 2 aliphatic rings. The van der Waals surface area contributed by atoms with E-state index in [1.807, 2.05) is 12.1 Å². The highest BCUT2D eigenvalue weighted by atomic mass is 32.2. The van der Waals surface area contributed by atoms with Crippen LogP contribution in [0.2, 0.25) is 0 Å². The van der Waals surface area contributed by atoms with Gasteiger partial charge < -0.3 is 15.4 Å². The molecule has 9 heteroatoms. The van der Waals surface area contributed by atoms with Crippen molar-refractivity contribution < 1.29 is 9.53 Å². The number of carbonyl (C=O) groups is 1. The van der Waals surface area contributed by atoms with Gasteiger partial charge in [0.05, 0.1) is 19.0 Å². The van der Waals surface area contributed by atoms with Gasteiger partial charge in [-0.15, -0.1) is 10.2 Å². The van der Waals surface area contributed by atoms with Crippen molar-refractivity contribution in [2.75, 3.05) is 43.9 Å². The van der Waals surface area contributed by atoms with Crippen LogP contribution >= 0.6 is 23.1 Å². The van der Waals surface area contributed by atoms with Crippen molar-refractivity contribution in [3.05, 3.63) is 29.8 Å². The highest BCUT2D eigenvalue weighted by Gasteiger charge is 2.38. The molecule has 1 aromatic heterocycles. The second kappa shape index (κ2) is 10.8. The van der Waals surface area contributed by atoms with Gasteiger partial charge in [-0.25, -0.2) is 0 Å². The molecule has 31 heavy (non-hydrogen) atoms. The zero-order chi connectivity index (χ0) is 21.5. The molecule has 1 amide bonds. The van der Waals surface area contributed by atoms with Crippen LogP contribution < -0.4 is 10.6 Å². The maximum absolute atomic E-state index is 12.6. The summed E-state index contributed by atoms with van der Waals surface area (Å²) >= 11 is 2.91. The quantitative estimate of drug-likeness (QED) is 0.578. The Labute approximate surface area is 192 Å². The first-order valence-electron chi connectivity index (χ1n) is 11.0. The Morgan fingerprint density at radius 2 is 2.03 bits per heavy atom. The second-order valence-electron chi connectivity index (χ2n) is 8.32. The van der Waals surface area contributed by atoms with Crippen molar-refractivity contribution in [1.29, 1.82) is 0 Å². The molecule has 2 N–H and O–H groups in total. The number of hydrogen-bond acceptors (Lipinski definition) is 8. The molecule has 0 spiro atoms. The molecular weight excluding hydrogens is 430 g/mol. The Kier molecular flexibility index (Phi) is 7.81. The molecule has 1 saturated carbocycles. The van der Waals surface area contributed by atoms with E-state index < -0.39 is 0 Å². The van der Waals surface area contributed by atoms with Crippen LogP contribution in [0.3, 0.4) is 0 Å². The maximum Gasteiger partial charge on any atom is 0.230 e. The van der Waals surface area contributed by atoms with Gasteiger partial charge in [0.25, 0.3) is 0 Å². The molecule has 1 aliphatic heterocycles. The van der Waals surface area contributed by atoms with E-state index in [1.165, 1.54) is 47.9 Å². The lowest BCUT2D eigenvalue weighted by molar-refractivity contribution is -0.119.